The smallest absolute Gasteiger partial charge is 0.0704 e. The lowest BCUT2D eigenvalue weighted by Gasteiger charge is -2.40. The Hall–Kier alpha value is -1.41. The summed E-state index contributed by atoms with van der Waals surface area (Å²) in [6.07, 6.45) is 6.39. The van der Waals surface area contributed by atoms with E-state index >= 15 is 0 Å². The first kappa shape index (κ1) is 13.6. The van der Waals surface area contributed by atoms with Crippen molar-refractivity contribution in [3.05, 3.63) is 42.1 Å². The maximum atomic E-state index is 6.71. The van der Waals surface area contributed by atoms with Gasteiger partial charge in [0.1, 0.15) is 0 Å². The molecule has 1 aliphatic rings. The van der Waals surface area contributed by atoms with Crippen molar-refractivity contribution in [2.45, 2.75) is 45.1 Å². The molecule has 106 valence electrons. The highest BCUT2D eigenvalue weighted by atomic mass is 14.8. The van der Waals surface area contributed by atoms with Gasteiger partial charge < -0.3 is 5.73 Å². The Kier molecular flexibility index (Phi) is 3.51. The van der Waals surface area contributed by atoms with E-state index < -0.39 is 0 Å². The molecule has 0 radical (unpaired) electrons. The Bertz CT molecular complexity index is 602. The van der Waals surface area contributed by atoms with Crippen molar-refractivity contribution in [1.29, 1.82) is 0 Å². The van der Waals surface area contributed by atoms with E-state index in [2.05, 4.69) is 43.1 Å². The third-order valence-corrected chi connectivity index (χ3v) is 5.08. The van der Waals surface area contributed by atoms with Crippen molar-refractivity contribution < 1.29 is 0 Å². The molecule has 3 atom stereocenters. The predicted octanol–water partition coefficient (Wildman–Crippen LogP) is 3.93. The van der Waals surface area contributed by atoms with Crippen LogP contribution in [0.4, 0.5) is 0 Å². The van der Waals surface area contributed by atoms with Crippen LogP contribution in [-0.2, 0) is 6.42 Å². The van der Waals surface area contributed by atoms with Crippen molar-refractivity contribution in [2.24, 2.45) is 17.6 Å². The van der Waals surface area contributed by atoms with Gasteiger partial charge in [-0.05, 0) is 55.2 Å². The van der Waals surface area contributed by atoms with Crippen molar-refractivity contribution in [1.82, 2.24) is 4.98 Å². The van der Waals surface area contributed by atoms with E-state index in [0.717, 1.165) is 36.6 Å². The van der Waals surface area contributed by atoms with Crippen molar-refractivity contribution in [2.75, 3.05) is 0 Å². The summed E-state index contributed by atoms with van der Waals surface area (Å²) < 4.78 is 0. The summed E-state index contributed by atoms with van der Waals surface area (Å²) in [5.74, 6) is 1.53. The lowest BCUT2D eigenvalue weighted by Crippen LogP contribution is -2.47. The summed E-state index contributed by atoms with van der Waals surface area (Å²) in [6, 6.07) is 10.5. The fourth-order valence-electron chi connectivity index (χ4n) is 3.59. The minimum Gasteiger partial charge on any atom is -0.325 e. The van der Waals surface area contributed by atoms with Crippen LogP contribution in [0.3, 0.4) is 0 Å². The summed E-state index contributed by atoms with van der Waals surface area (Å²) in [4.78, 5) is 4.44. The first-order valence-corrected chi connectivity index (χ1v) is 7.69. The Balaban J connectivity index is 1.89. The van der Waals surface area contributed by atoms with Crippen molar-refractivity contribution in [3.63, 3.8) is 0 Å². The lowest BCUT2D eigenvalue weighted by molar-refractivity contribution is 0.176. The molecule has 1 aromatic heterocycles. The molecular formula is C18H24N2. The van der Waals surface area contributed by atoms with E-state index in [1.54, 1.807) is 0 Å². The molecule has 1 fully saturated rings. The number of hydrogen-bond acceptors (Lipinski definition) is 2. The van der Waals surface area contributed by atoms with Gasteiger partial charge in [0.15, 0.2) is 0 Å². The highest BCUT2D eigenvalue weighted by Crippen LogP contribution is 2.37. The van der Waals surface area contributed by atoms with Gasteiger partial charge >= 0.3 is 0 Å². The normalized spacial score (nSPS) is 30.6. The van der Waals surface area contributed by atoms with Gasteiger partial charge in [-0.2, -0.15) is 0 Å². The number of hydrogen-bond donors (Lipinski definition) is 1. The third-order valence-electron chi connectivity index (χ3n) is 5.08. The molecule has 0 spiro atoms. The van der Waals surface area contributed by atoms with E-state index in [9.17, 15) is 0 Å². The molecule has 1 saturated carbocycles. The zero-order chi connectivity index (χ0) is 14.2. The lowest BCUT2D eigenvalue weighted by atomic mass is 9.69. The van der Waals surface area contributed by atoms with Gasteiger partial charge in [0, 0.05) is 17.1 Å². The molecular weight excluding hydrogens is 244 g/mol. The minimum absolute atomic E-state index is 0.0456. The van der Waals surface area contributed by atoms with Gasteiger partial charge in [0.05, 0.1) is 5.52 Å². The Morgan fingerprint density at radius 3 is 2.80 bits per heavy atom. The van der Waals surface area contributed by atoms with Gasteiger partial charge in [0.2, 0.25) is 0 Å². The molecule has 1 aromatic carbocycles. The molecule has 3 rings (SSSR count). The number of pyridine rings is 1. The fraction of sp³-hybridized carbons (Fsp3) is 0.500. The topological polar surface area (TPSA) is 38.9 Å². The second-order valence-electron chi connectivity index (χ2n) is 6.72. The van der Waals surface area contributed by atoms with E-state index in [4.69, 9.17) is 5.73 Å². The molecule has 20 heavy (non-hydrogen) atoms. The second kappa shape index (κ2) is 5.17. The molecule has 2 aromatic rings. The zero-order valence-electron chi connectivity index (χ0n) is 12.5. The van der Waals surface area contributed by atoms with E-state index in [1.165, 1.54) is 17.4 Å². The molecule has 3 unspecified atom stereocenters. The molecule has 2 N–H and O–H groups in total. The minimum atomic E-state index is -0.0456. The van der Waals surface area contributed by atoms with Crippen LogP contribution in [0.2, 0.25) is 0 Å². The van der Waals surface area contributed by atoms with Gasteiger partial charge in [-0.1, -0.05) is 32.0 Å². The van der Waals surface area contributed by atoms with Crippen LogP contribution < -0.4 is 5.73 Å². The molecule has 0 aliphatic heterocycles. The number of aromatic nitrogens is 1. The van der Waals surface area contributed by atoms with Gasteiger partial charge in [-0.3, -0.25) is 4.98 Å². The number of rotatable bonds is 2. The van der Waals surface area contributed by atoms with Crippen LogP contribution in [0, 0.1) is 11.8 Å². The fourth-order valence-corrected chi connectivity index (χ4v) is 3.59. The van der Waals surface area contributed by atoms with Crippen molar-refractivity contribution in [3.8, 4) is 0 Å². The molecule has 0 saturated heterocycles. The van der Waals surface area contributed by atoms with Crippen LogP contribution in [0.5, 0.6) is 0 Å². The number of para-hydroxylation sites is 1. The highest BCUT2D eigenvalue weighted by molar-refractivity contribution is 5.81. The van der Waals surface area contributed by atoms with Crippen molar-refractivity contribution >= 4 is 10.9 Å². The summed E-state index contributed by atoms with van der Waals surface area (Å²) >= 11 is 0. The number of fused-ring (bicyclic) bond motifs is 1. The van der Waals surface area contributed by atoms with E-state index in [0.29, 0.717) is 0 Å². The maximum Gasteiger partial charge on any atom is 0.0704 e. The van der Waals surface area contributed by atoms with Crippen LogP contribution >= 0.6 is 0 Å². The summed E-state index contributed by atoms with van der Waals surface area (Å²) in [5.41, 5.74) is 9.09. The number of nitrogens with two attached hydrogens (primary N) is 1. The average Bonchev–Trinajstić information content (AvgIpc) is 2.44. The Morgan fingerprint density at radius 2 is 2.00 bits per heavy atom. The Morgan fingerprint density at radius 1 is 1.20 bits per heavy atom. The molecule has 1 heterocycles. The second-order valence-corrected chi connectivity index (χ2v) is 6.72. The quantitative estimate of drug-likeness (QED) is 0.896. The molecule has 0 amide bonds. The van der Waals surface area contributed by atoms with Gasteiger partial charge in [-0.25, -0.2) is 0 Å². The van der Waals surface area contributed by atoms with Crippen LogP contribution in [-0.4, -0.2) is 10.5 Å². The highest BCUT2D eigenvalue weighted by Gasteiger charge is 2.34. The summed E-state index contributed by atoms with van der Waals surface area (Å²) in [6.45, 7) is 4.70. The number of benzene rings is 1. The van der Waals surface area contributed by atoms with Gasteiger partial charge in [0.25, 0.3) is 0 Å². The van der Waals surface area contributed by atoms with Gasteiger partial charge in [-0.15, -0.1) is 0 Å². The number of nitrogens with zero attached hydrogens (tertiary/aromatic N) is 1. The van der Waals surface area contributed by atoms with Crippen LogP contribution in [0.25, 0.3) is 10.9 Å². The first-order valence-electron chi connectivity index (χ1n) is 7.69. The standard InChI is InChI=1S/C18H24N2/c1-13-7-9-18(19,11-14(13)2)12-15-8-10-20-17-6-4-3-5-16(15)17/h3-6,8,10,13-14H,7,9,11-12,19H2,1-2H3. The largest absolute Gasteiger partial charge is 0.325 e. The summed E-state index contributed by atoms with van der Waals surface area (Å²) in [7, 11) is 0. The predicted molar refractivity (Wildman–Crippen MR) is 84.5 cm³/mol. The van der Waals surface area contributed by atoms with E-state index in [1.807, 2.05) is 12.3 Å². The zero-order valence-corrected chi connectivity index (χ0v) is 12.5. The monoisotopic (exact) mass is 268 g/mol. The van der Waals surface area contributed by atoms with Crippen LogP contribution in [0.1, 0.15) is 38.7 Å². The first-order chi connectivity index (χ1) is 9.57. The maximum absolute atomic E-state index is 6.71. The third kappa shape index (κ3) is 2.57. The molecule has 0 bridgehead atoms. The molecule has 2 nitrogen and oxygen atoms in total. The molecule has 2 heteroatoms. The van der Waals surface area contributed by atoms with Crippen LogP contribution in [0.15, 0.2) is 36.5 Å². The Labute approximate surface area is 121 Å². The molecule has 1 aliphatic carbocycles. The average molecular weight is 268 g/mol. The summed E-state index contributed by atoms with van der Waals surface area (Å²) in [5, 5.41) is 1.26. The SMILES string of the molecule is CC1CCC(N)(Cc2ccnc3ccccc23)CC1C. The van der Waals surface area contributed by atoms with E-state index in [-0.39, 0.29) is 5.54 Å².